The molecule has 1 aliphatic rings. The first-order valence-electron chi connectivity index (χ1n) is 6.35. The molecule has 2 rings (SSSR count). The molecule has 4 nitrogen and oxygen atoms in total. The molecule has 0 spiro atoms. The number of aromatic carboxylic acids is 1. The Labute approximate surface area is 107 Å². The smallest absolute Gasteiger partial charge is 0.337 e. The minimum Gasteiger partial charge on any atom is -0.478 e. The minimum absolute atomic E-state index is 0.179. The van der Waals surface area contributed by atoms with E-state index in [9.17, 15) is 4.79 Å². The summed E-state index contributed by atoms with van der Waals surface area (Å²) in [4.78, 5) is 11.1. The van der Waals surface area contributed by atoms with Crippen molar-refractivity contribution < 1.29 is 9.90 Å². The Morgan fingerprint density at radius 3 is 2.67 bits per heavy atom. The van der Waals surface area contributed by atoms with Gasteiger partial charge in [0.15, 0.2) is 0 Å². The number of hydrogen-bond donors (Lipinski definition) is 3. The van der Waals surface area contributed by atoms with Crippen LogP contribution in [0.1, 0.15) is 42.1 Å². The van der Waals surface area contributed by atoms with Crippen LogP contribution in [0, 0.1) is 12.3 Å². The van der Waals surface area contributed by atoms with Crippen LogP contribution in [0.4, 0.5) is 11.4 Å². The predicted octanol–water partition coefficient (Wildman–Crippen LogP) is 2.88. The molecule has 1 saturated carbocycles. The topological polar surface area (TPSA) is 75.3 Å². The van der Waals surface area contributed by atoms with Crippen LogP contribution in [0.3, 0.4) is 0 Å². The molecule has 0 unspecified atom stereocenters. The van der Waals surface area contributed by atoms with Crippen molar-refractivity contribution in [2.45, 2.75) is 33.1 Å². The highest BCUT2D eigenvalue weighted by Crippen LogP contribution is 2.48. The summed E-state index contributed by atoms with van der Waals surface area (Å²) in [6, 6.07) is 3.53. The van der Waals surface area contributed by atoms with E-state index >= 15 is 0 Å². The number of hydrogen-bond acceptors (Lipinski definition) is 3. The molecule has 1 aromatic carbocycles. The maximum Gasteiger partial charge on any atom is 0.337 e. The van der Waals surface area contributed by atoms with Gasteiger partial charge in [0.25, 0.3) is 0 Å². The molecule has 98 valence electrons. The number of carboxylic acids is 1. The van der Waals surface area contributed by atoms with Crippen LogP contribution < -0.4 is 11.1 Å². The molecule has 18 heavy (non-hydrogen) atoms. The van der Waals surface area contributed by atoms with Crippen molar-refractivity contribution in [3.05, 3.63) is 23.3 Å². The summed E-state index contributed by atoms with van der Waals surface area (Å²) >= 11 is 0. The fourth-order valence-electron chi connectivity index (χ4n) is 2.20. The van der Waals surface area contributed by atoms with Crippen molar-refractivity contribution >= 4 is 17.3 Å². The quantitative estimate of drug-likeness (QED) is 0.700. The lowest BCUT2D eigenvalue weighted by Gasteiger charge is -2.16. The Balaban J connectivity index is 2.16. The highest BCUT2D eigenvalue weighted by Gasteiger charge is 2.40. The second kappa shape index (κ2) is 4.52. The molecule has 1 fully saturated rings. The molecule has 4 N–H and O–H groups in total. The first-order valence-corrected chi connectivity index (χ1v) is 6.35. The van der Waals surface area contributed by atoms with E-state index in [4.69, 9.17) is 10.8 Å². The fraction of sp³-hybridized carbons (Fsp3) is 0.500. The number of aryl methyl sites for hydroxylation is 1. The van der Waals surface area contributed by atoms with Crippen LogP contribution in [0.5, 0.6) is 0 Å². The van der Waals surface area contributed by atoms with Gasteiger partial charge >= 0.3 is 5.97 Å². The maximum atomic E-state index is 11.1. The summed E-state index contributed by atoms with van der Waals surface area (Å²) in [5.41, 5.74) is 8.38. The zero-order chi connectivity index (χ0) is 13.3. The average molecular weight is 248 g/mol. The molecule has 0 atom stereocenters. The van der Waals surface area contributed by atoms with Gasteiger partial charge in [-0.1, -0.05) is 6.92 Å². The van der Waals surface area contributed by atoms with Gasteiger partial charge in [-0.3, -0.25) is 0 Å². The molecule has 4 heteroatoms. The highest BCUT2D eigenvalue weighted by molar-refractivity contribution is 5.95. The van der Waals surface area contributed by atoms with Crippen LogP contribution in [0.15, 0.2) is 12.1 Å². The molecule has 0 bridgehead atoms. The summed E-state index contributed by atoms with van der Waals surface area (Å²) < 4.78 is 0. The third kappa shape index (κ3) is 2.42. The Hall–Kier alpha value is -1.71. The Bertz CT molecular complexity index is 479. The first-order chi connectivity index (χ1) is 8.47. The van der Waals surface area contributed by atoms with E-state index < -0.39 is 5.97 Å². The number of carboxylic acid groups (broad SMARTS) is 1. The van der Waals surface area contributed by atoms with Crippen molar-refractivity contribution in [2.75, 3.05) is 17.6 Å². The molecular formula is C14H20N2O2. The van der Waals surface area contributed by atoms with Gasteiger partial charge in [-0.15, -0.1) is 0 Å². The van der Waals surface area contributed by atoms with E-state index in [0.717, 1.165) is 17.8 Å². The lowest BCUT2D eigenvalue weighted by molar-refractivity contribution is 0.0698. The van der Waals surface area contributed by atoms with Crippen LogP contribution in [0.25, 0.3) is 0 Å². The second-order valence-electron chi connectivity index (χ2n) is 5.27. The highest BCUT2D eigenvalue weighted by atomic mass is 16.4. The van der Waals surface area contributed by atoms with Crippen molar-refractivity contribution in [3.63, 3.8) is 0 Å². The number of carbonyl (C=O) groups is 1. The minimum atomic E-state index is -0.976. The fourth-order valence-corrected chi connectivity index (χ4v) is 2.20. The maximum absolute atomic E-state index is 11.1. The lowest BCUT2D eigenvalue weighted by Crippen LogP contribution is -2.15. The average Bonchev–Trinajstić information content (AvgIpc) is 3.11. The van der Waals surface area contributed by atoms with Gasteiger partial charge in [0.1, 0.15) is 0 Å². The van der Waals surface area contributed by atoms with Gasteiger partial charge in [0.2, 0.25) is 0 Å². The number of benzene rings is 1. The third-order valence-electron chi connectivity index (χ3n) is 3.99. The van der Waals surface area contributed by atoms with Crippen LogP contribution in [0.2, 0.25) is 0 Å². The monoisotopic (exact) mass is 248 g/mol. The first kappa shape index (κ1) is 12.7. The predicted molar refractivity (Wildman–Crippen MR) is 73.0 cm³/mol. The largest absolute Gasteiger partial charge is 0.478 e. The molecule has 0 amide bonds. The van der Waals surface area contributed by atoms with Gasteiger partial charge < -0.3 is 16.2 Å². The van der Waals surface area contributed by atoms with E-state index in [0.29, 0.717) is 11.1 Å². The zero-order valence-corrected chi connectivity index (χ0v) is 10.9. The Morgan fingerprint density at radius 2 is 2.17 bits per heavy atom. The van der Waals surface area contributed by atoms with Gasteiger partial charge in [0, 0.05) is 17.9 Å². The second-order valence-corrected chi connectivity index (χ2v) is 5.27. The molecule has 0 heterocycles. The SMILES string of the molecule is CCC1(CNc2cc(C)c(N)c(C(=O)O)c2)CC1. The normalized spacial score (nSPS) is 16.3. The summed E-state index contributed by atoms with van der Waals surface area (Å²) in [5, 5.41) is 12.4. The number of nitrogen functional groups attached to an aromatic ring is 1. The van der Waals surface area contributed by atoms with Gasteiger partial charge in [-0.25, -0.2) is 4.79 Å². The molecule has 1 aromatic rings. The van der Waals surface area contributed by atoms with E-state index in [1.54, 1.807) is 6.07 Å². The third-order valence-corrected chi connectivity index (χ3v) is 3.99. The van der Waals surface area contributed by atoms with Crippen molar-refractivity contribution in [2.24, 2.45) is 5.41 Å². The van der Waals surface area contributed by atoms with Crippen molar-refractivity contribution in [1.29, 1.82) is 0 Å². The van der Waals surface area contributed by atoms with Crippen molar-refractivity contribution in [3.8, 4) is 0 Å². The molecule has 0 radical (unpaired) electrons. The summed E-state index contributed by atoms with van der Waals surface area (Å²) in [5.74, 6) is -0.976. The molecule has 0 saturated heterocycles. The lowest BCUT2D eigenvalue weighted by atomic mass is 10.0. The molecule has 1 aliphatic carbocycles. The molecule has 0 aliphatic heterocycles. The number of nitrogens with two attached hydrogens (primary N) is 1. The van der Waals surface area contributed by atoms with Crippen LogP contribution >= 0.6 is 0 Å². The van der Waals surface area contributed by atoms with Gasteiger partial charge in [-0.05, 0) is 49.3 Å². The van der Waals surface area contributed by atoms with E-state index in [-0.39, 0.29) is 5.56 Å². The van der Waals surface area contributed by atoms with Crippen LogP contribution in [-0.4, -0.2) is 17.6 Å². The summed E-state index contributed by atoms with van der Waals surface area (Å²) in [6.45, 7) is 4.94. The summed E-state index contributed by atoms with van der Waals surface area (Å²) in [7, 11) is 0. The molecular weight excluding hydrogens is 228 g/mol. The summed E-state index contributed by atoms with van der Waals surface area (Å²) in [6.07, 6.45) is 3.69. The Morgan fingerprint density at radius 1 is 1.50 bits per heavy atom. The number of anilines is 2. The number of rotatable bonds is 5. The molecule has 0 aromatic heterocycles. The van der Waals surface area contributed by atoms with Gasteiger partial charge in [0.05, 0.1) is 5.56 Å². The zero-order valence-electron chi connectivity index (χ0n) is 10.9. The van der Waals surface area contributed by atoms with Crippen LogP contribution in [-0.2, 0) is 0 Å². The Kier molecular flexibility index (Phi) is 3.20. The van der Waals surface area contributed by atoms with E-state index in [1.165, 1.54) is 19.3 Å². The van der Waals surface area contributed by atoms with Gasteiger partial charge in [-0.2, -0.15) is 0 Å². The van der Waals surface area contributed by atoms with Crippen molar-refractivity contribution in [1.82, 2.24) is 0 Å². The van der Waals surface area contributed by atoms with E-state index in [1.807, 2.05) is 13.0 Å². The number of nitrogens with one attached hydrogen (secondary N) is 1. The standard InChI is InChI=1S/C14H20N2O2/c1-3-14(4-5-14)8-16-10-6-9(2)12(15)11(7-10)13(17)18/h6-7,16H,3-5,8,15H2,1-2H3,(H,17,18). The van der Waals surface area contributed by atoms with E-state index in [2.05, 4.69) is 12.2 Å².